The van der Waals surface area contributed by atoms with Gasteiger partial charge in [-0.25, -0.2) is 12.8 Å². The molecule has 0 bridgehead atoms. The molecule has 0 amide bonds. The van der Waals surface area contributed by atoms with Gasteiger partial charge in [-0.2, -0.15) is 0 Å². The topological polar surface area (TPSA) is 55.8 Å². The minimum absolute atomic E-state index is 0.0412. The van der Waals surface area contributed by atoms with Crippen LogP contribution in [0.5, 0.6) is 11.5 Å². The Morgan fingerprint density at radius 1 is 1.12 bits per heavy atom. The Hall–Kier alpha value is -2.28. The van der Waals surface area contributed by atoms with Crippen molar-refractivity contribution in [2.45, 2.75) is 17.7 Å². The molecule has 2 aromatic carbocycles. The third kappa shape index (κ3) is 2.69. The summed E-state index contributed by atoms with van der Waals surface area (Å²) in [5.41, 5.74) is 0.806. The van der Waals surface area contributed by atoms with Crippen LogP contribution in [0.3, 0.4) is 0 Å². The summed E-state index contributed by atoms with van der Waals surface area (Å²) in [6, 6.07) is 9.15. The van der Waals surface area contributed by atoms with Crippen molar-refractivity contribution in [3.63, 3.8) is 0 Å². The molecule has 0 radical (unpaired) electrons. The first-order valence-electron chi connectivity index (χ1n) is 7.51. The zero-order chi connectivity index (χ0) is 17.3. The number of benzene rings is 2. The quantitative estimate of drug-likeness (QED) is 0.850. The van der Waals surface area contributed by atoms with E-state index in [1.54, 1.807) is 18.2 Å². The second kappa shape index (κ2) is 6.32. The van der Waals surface area contributed by atoms with Gasteiger partial charge >= 0.3 is 0 Å². The Balaban J connectivity index is 2.17. The van der Waals surface area contributed by atoms with E-state index in [1.165, 1.54) is 32.4 Å². The first-order chi connectivity index (χ1) is 11.5. The lowest BCUT2D eigenvalue weighted by molar-refractivity contribution is 0.392. The van der Waals surface area contributed by atoms with Crippen LogP contribution in [0.2, 0.25) is 0 Å². The molecule has 0 atom stereocenters. The Morgan fingerprint density at radius 3 is 2.62 bits per heavy atom. The molecule has 2 aromatic rings. The summed E-state index contributed by atoms with van der Waals surface area (Å²) in [6.07, 6.45) is 1.27. The van der Waals surface area contributed by atoms with Gasteiger partial charge in [0.2, 0.25) is 0 Å². The second-order valence-corrected chi connectivity index (χ2v) is 7.28. The summed E-state index contributed by atoms with van der Waals surface area (Å²) in [5, 5.41) is 0. The van der Waals surface area contributed by atoms with Crippen molar-refractivity contribution in [1.82, 2.24) is 0 Å². The van der Waals surface area contributed by atoms with Gasteiger partial charge in [0.25, 0.3) is 10.0 Å². The van der Waals surface area contributed by atoms with Gasteiger partial charge in [-0.15, -0.1) is 0 Å². The van der Waals surface area contributed by atoms with Crippen LogP contribution in [0.1, 0.15) is 12.0 Å². The highest BCUT2D eigenvalue weighted by atomic mass is 32.2. The molecule has 1 heterocycles. The Morgan fingerprint density at radius 2 is 1.92 bits per heavy atom. The van der Waals surface area contributed by atoms with Crippen molar-refractivity contribution in [3.05, 3.63) is 47.8 Å². The number of hydrogen-bond acceptors (Lipinski definition) is 4. The highest BCUT2D eigenvalue weighted by Gasteiger charge is 2.33. The van der Waals surface area contributed by atoms with Crippen LogP contribution in [-0.2, 0) is 16.4 Å². The van der Waals surface area contributed by atoms with Crippen molar-refractivity contribution in [3.8, 4) is 11.5 Å². The molecule has 0 spiro atoms. The zero-order valence-corrected chi connectivity index (χ0v) is 14.3. The standard InChI is InChI=1S/C17H18FNO4S/c1-22-13-8-9-15(23-2)16(11-13)24(20,21)19-10-4-6-12-5-3-7-14(18)17(12)19/h3,5,7-9,11H,4,6,10H2,1-2H3. The molecule has 0 N–H and O–H groups in total. The monoisotopic (exact) mass is 351 g/mol. The van der Waals surface area contributed by atoms with Gasteiger partial charge in [-0.1, -0.05) is 12.1 Å². The van der Waals surface area contributed by atoms with Crippen molar-refractivity contribution in [2.75, 3.05) is 25.1 Å². The van der Waals surface area contributed by atoms with E-state index in [0.717, 1.165) is 4.31 Å². The zero-order valence-electron chi connectivity index (χ0n) is 13.5. The highest BCUT2D eigenvalue weighted by Crippen LogP contribution is 2.37. The Kier molecular flexibility index (Phi) is 4.36. The van der Waals surface area contributed by atoms with Gasteiger partial charge in [-0.05, 0) is 36.6 Å². The number of halogens is 1. The number of anilines is 1. The number of aryl methyl sites for hydroxylation is 1. The van der Waals surface area contributed by atoms with Gasteiger partial charge < -0.3 is 9.47 Å². The summed E-state index contributed by atoms with van der Waals surface area (Å²) in [4.78, 5) is -0.0412. The van der Waals surface area contributed by atoms with Crippen molar-refractivity contribution >= 4 is 15.7 Å². The molecule has 7 heteroatoms. The fourth-order valence-electron chi connectivity index (χ4n) is 2.91. The van der Waals surface area contributed by atoms with E-state index in [4.69, 9.17) is 9.47 Å². The van der Waals surface area contributed by atoms with E-state index >= 15 is 0 Å². The van der Waals surface area contributed by atoms with E-state index in [2.05, 4.69) is 0 Å². The van der Waals surface area contributed by atoms with Crippen molar-refractivity contribution in [1.29, 1.82) is 0 Å². The van der Waals surface area contributed by atoms with Gasteiger partial charge in [0.05, 0.1) is 19.9 Å². The average Bonchev–Trinajstić information content (AvgIpc) is 2.61. The summed E-state index contributed by atoms with van der Waals surface area (Å²) in [7, 11) is -1.14. The molecule has 5 nitrogen and oxygen atoms in total. The molecule has 0 aromatic heterocycles. The second-order valence-electron chi connectivity index (χ2n) is 5.45. The maximum atomic E-state index is 14.3. The third-order valence-electron chi connectivity index (χ3n) is 4.07. The molecule has 0 unspecified atom stereocenters. The Labute approximate surface area is 140 Å². The number of nitrogens with zero attached hydrogens (tertiary/aromatic N) is 1. The SMILES string of the molecule is COc1ccc(OC)c(S(=O)(=O)N2CCCc3cccc(F)c32)c1. The summed E-state index contributed by atoms with van der Waals surface area (Å²) >= 11 is 0. The first-order valence-corrected chi connectivity index (χ1v) is 8.95. The van der Waals surface area contributed by atoms with Crippen LogP contribution in [-0.4, -0.2) is 29.2 Å². The van der Waals surface area contributed by atoms with Crippen LogP contribution in [0.15, 0.2) is 41.3 Å². The van der Waals surface area contributed by atoms with Crippen LogP contribution < -0.4 is 13.8 Å². The summed E-state index contributed by atoms with van der Waals surface area (Å²) in [6.45, 7) is 0.219. The summed E-state index contributed by atoms with van der Waals surface area (Å²) < 4.78 is 52.1. The number of methoxy groups -OCH3 is 2. The lowest BCUT2D eigenvalue weighted by atomic mass is 10.0. The maximum absolute atomic E-state index is 14.3. The van der Waals surface area contributed by atoms with E-state index in [0.29, 0.717) is 24.2 Å². The number of hydrogen-bond donors (Lipinski definition) is 0. The number of ether oxygens (including phenoxy) is 2. The predicted octanol–water partition coefficient (Wildman–Crippen LogP) is 2.98. The molecule has 0 fully saturated rings. The van der Waals surface area contributed by atoms with E-state index in [-0.39, 0.29) is 22.9 Å². The first kappa shape index (κ1) is 16.6. The molecule has 1 aliphatic rings. The lowest BCUT2D eigenvalue weighted by Crippen LogP contribution is -2.36. The minimum Gasteiger partial charge on any atom is -0.497 e. The number of sulfonamides is 1. The normalized spacial score (nSPS) is 14.2. The van der Waals surface area contributed by atoms with Crippen LogP contribution >= 0.6 is 0 Å². The number of fused-ring (bicyclic) bond motifs is 1. The molecular formula is C17H18FNO4S. The Bertz CT molecular complexity index is 867. The molecule has 0 saturated heterocycles. The largest absolute Gasteiger partial charge is 0.497 e. The van der Waals surface area contributed by atoms with Gasteiger partial charge in [-0.3, -0.25) is 4.31 Å². The van der Waals surface area contributed by atoms with Crippen molar-refractivity contribution < 1.29 is 22.3 Å². The molecule has 3 rings (SSSR count). The molecule has 1 aliphatic heterocycles. The maximum Gasteiger partial charge on any atom is 0.268 e. The summed E-state index contributed by atoms with van der Waals surface area (Å²) in [5.74, 6) is 0.0389. The molecular weight excluding hydrogens is 333 g/mol. The average molecular weight is 351 g/mol. The smallest absolute Gasteiger partial charge is 0.268 e. The molecule has 0 saturated carbocycles. The van der Waals surface area contributed by atoms with Crippen LogP contribution in [0.25, 0.3) is 0 Å². The highest BCUT2D eigenvalue weighted by molar-refractivity contribution is 7.93. The van der Waals surface area contributed by atoms with Crippen LogP contribution in [0, 0.1) is 5.82 Å². The minimum atomic E-state index is -3.98. The fourth-order valence-corrected chi connectivity index (χ4v) is 4.63. The van der Waals surface area contributed by atoms with Gasteiger partial charge in [0.1, 0.15) is 22.2 Å². The van der Waals surface area contributed by atoms with E-state index < -0.39 is 15.8 Å². The van der Waals surface area contributed by atoms with E-state index in [9.17, 15) is 12.8 Å². The molecule has 0 aliphatic carbocycles. The third-order valence-corrected chi connectivity index (χ3v) is 5.89. The van der Waals surface area contributed by atoms with E-state index in [1.807, 2.05) is 0 Å². The number of para-hydroxylation sites is 1. The lowest BCUT2D eigenvalue weighted by Gasteiger charge is -2.31. The predicted molar refractivity (Wildman–Crippen MR) is 88.8 cm³/mol. The molecule has 128 valence electrons. The van der Waals surface area contributed by atoms with Crippen LogP contribution in [0.4, 0.5) is 10.1 Å². The van der Waals surface area contributed by atoms with Gasteiger partial charge in [0.15, 0.2) is 0 Å². The van der Waals surface area contributed by atoms with Crippen molar-refractivity contribution in [2.24, 2.45) is 0 Å². The molecule has 24 heavy (non-hydrogen) atoms. The van der Waals surface area contributed by atoms with Gasteiger partial charge in [0, 0.05) is 12.6 Å². The number of rotatable bonds is 4. The fraction of sp³-hybridized carbons (Fsp3) is 0.294.